The number of nitrogens with zero attached hydrogens (tertiary/aromatic N) is 1. The standard InChI is InChI=1S/C28H34N2O5/c1-19(2)30(15-12-26(32)33)25(31)16-28(13-7-14-28)18-29-27(34)35-17-24-22-10-5-3-8-20(22)21-9-4-6-11-23(21)24/h3-6,8-11,19,24H,7,12-18H2,1-2H3,(H,29,34)(H,32,33). The Kier molecular flexibility index (Phi) is 7.43. The molecule has 4 rings (SSSR count). The molecule has 186 valence electrons. The van der Waals surface area contributed by atoms with Gasteiger partial charge in [0.25, 0.3) is 0 Å². The third kappa shape index (κ3) is 5.50. The molecule has 0 saturated heterocycles. The molecule has 0 radical (unpaired) electrons. The van der Waals surface area contributed by atoms with Gasteiger partial charge in [-0.2, -0.15) is 0 Å². The maximum absolute atomic E-state index is 13.0. The number of carbonyl (C=O) groups is 3. The van der Waals surface area contributed by atoms with E-state index in [0.29, 0.717) is 13.0 Å². The van der Waals surface area contributed by atoms with E-state index >= 15 is 0 Å². The van der Waals surface area contributed by atoms with E-state index in [-0.39, 0.29) is 42.9 Å². The van der Waals surface area contributed by atoms with Crippen LogP contribution in [0.4, 0.5) is 4.79 Å². The van der Waals surface area contributed by atoms with E-state index in [0.717, 1.165) is 30.4 Å². The lowest BCUT2D eigenvalue weighted by Gasteiger charge is -2.43. The molecule has 0 aromatic heterocycles. The molecule has 1 fully saturated rings. The Labute approximate surface area is 206 Å². The number of alkyl carbamates (subject to hydrolysis) is 1. The van der Waals surface area contributed by atoms with Gasteiger partial charge < -0.3 is 20.1 Å². The van der Waals surface area contributed by atoms with Gasteiger partial charge in [-0.05, 0) is 54.4 Å². The van der Waals surface area contributed by atoms with Gasteiger partial charge in [-0.25, -0.2) is 4.79 Å². The monoisotopic (exact) mass is 478 g/mol. The summed E-state index contributed by atoms with van der Waals surface area (Å²) in [5.41, 5.74) is 4.40. The second kappa shape index (κ2) is 10.5. The summed E-state index contributed by atoms with van der Waals surface area (Å²) in [4.78, 5) is 38.2. The van der Waals surface area contributed by atoms with Crippen molar-refractivity contribution in [3.8, 4) is 11.1 Å². The molecule has 0 atom stereocenters. The third-order valence-electron chi connectivity index (χ3n) is 7.40. The summed E-state index contributed by atoms with van der Waals surface area (Å²) in [7, 11) is 0. The minimum absolute atomic E-state index is 0.00114. The van der Waals surface area contributed by atoms with Gasteiger partial charge in [0.2, 0.25) is 5.91 Å². The normalized spacial score (nSPS) is 15.6. The van der Waals surface area contributed by atoms with Crippen LogP contribution in [0.3, 0.4) is 0 Å². The largest absolute Gasteiger partial charge is 0.481 e. The molecule has 1 saturated carbocycles. The first kappa shape index (κ1) is 24.8. The topological polar surface area (TPSA) is 95.9 Å². The second-order valence-corrected chi connectivity index (χ2v) is 10.0. The van der Waals surface area contributed by atoms with Gasteiger partial charge in [0.1, 0.15) is 6.61 Å². The lowest BCUT2D eigenvalue weighted by molar-refractivity contribution is -0.140. The van der Waals surface area contributed by atoms with Crippen molar-refractivity contribution < 1.29 is 24.2 Å². The van der Waals surface area contributed by atoms with Crippen LogP contribution in [-0.4, -0.2) is 53.7 Å². The summed E-state index contributed by atoms with van der Waals surface area (Å²) >= 11 is 0. The van der Waals surface area contributed by atoms with Crippen molar-refractivity contribution in [1.29, 1.82) is 0 Å². The quantitative estimate of drug-likeness (QED) is 0.512. The van der Waals surface area contributed by atoms with E-state index in [1.54, 1.807) is 4.90 Å². The number of ether oxygens (including phenoxy) is 1. The maximum atomic E-state index is 13.0. The van der Waals surface area contributed by atoms with Gasteiger partial charge in [0.15, 0.2) is 0 Å². The van der Waals surface area contributed by atoms with Crippen molar-refractivity contribution in [2.24, 2.45) is 5.41 Å². The molecule has 7 nitrogen and oxygen atoms in total. The Morgan fingerprint density at radius 3 is 2.17 bits per heavy atom. The summed E-state index contributed by atoms with van der Waals surface area (Å²) in [5, 5.41) is 11.9. The average Bonchev–Trinajstić information content (AvgIpc) is 3.12. The molecule has 0 unspecified atom stereocenters. The number of carboxylic acids is 1. The van der Waals surface area contributed by atoms with Crippen molar-refractivity contribution in [2.75, 3.05) is 19.7 Å². The van der Waals surface area contributed by atoms with Crippen LogP contribution in [0.2, 0.25) is 0 Å². The number of fused-ring (bicyclic) bond motifs is 3. The molecule has 2 amide bonds. The molecule has 7 heteroatoms. The summed E-state index contributed by atoms with van der Waals surface area (Å²) in [6.07, 6.45) is 2.47. The van der Waals surface area contributed by atoms with Gasteiger partial charge in [-0.15, -0.1) is 0 Å². The Hall–Kier alpha value is -3.35. The number of hydrogen-bond acceptors (Lipinski definition) is 4. The number of amides is 2. The highest BCUT2D eigenvalue weighted by Gasteiger charge is 2.40. The number of rotatable bonds is 10. The first-order valence-electron chi connectivity index (χ1n) is 12.4. The fourth-order valence-electron chi connectivity index (χ4n) is 5.31. The first-order chi connectivity index (χ1) is 16.8. The number of carboxylic acid groups (broad SMARTS) is 1. The van der Waals surface area contributed by atoms with Gasteiger partial charge in [0.05, 0.1) is 6.42 Å². The fourth-order valence-corrected chi connectivity index (χ4v) is 5.31. The van der Waals surface area contributed by atoms with Gasteiger partial charge in [0, 0.05) is 31.5 Å². The van der Waals surface area contributed by atoms with Crippen LogP contribution in [0, 0.1) is 5.41 Å². The van der Waals surface area contributed by atoms with E-state index in [2.05, 4.69) is 29.6 Å². The zero-order valence-corrected chi connectivity index (χ0v) is 20.5. The smallest absolute Gasteiger partial charge is 0.407 e. The van der Waals surface area contributed by atoms with Crippen LogP contribution >= 0.6 is 0 Å². The lowest BCUT2D eigenvalue weighted by Crippen LogP contribution is -2.47. The van der Waals surface area contributed by atoms with Crippen LogP contribution in [-0.2, 0) is 14.3 Å². The van der Waals surface area contributed by atoms with Crippen molar-refractivity contribution in [3.63, 3.8) is 0 Å². The molecule has 2 aliphatic rings. The zero-order chi connectivity index (χ0) is 25.0. The molecule has 2 aliphatic carbocycles. The predicted octanol–water partition coefficient (Wildman–Crippen LogP) is 4.80. The Morgan fingerprint density at radius 2 is 1.66 bits per heavy atom. The van der Waals surface area contributed by atoms with E-state index in [1.165, 1.54) is 11.1 Å². The van der Waals surface area contributed by atoms with E-state index in [4.69, 9.17) is 9.84 Å². The summed E-state index contributed by atoms with van der Waals surface area (Å²) in [6, 6.07) is 16.3. The van der Waals surface area contributed by atoms with Crippen LogP contribution < -0.4 is 5.32 Å². The molecule has 2 aromatic carbocycles. The Bertz CT molecular complexity index is 1050. The third-order valence-corrected chi connectivity index (χ3v) is 7.40. The highest BCUT2D eigenvalue weighted by Crippen LogP contribution is 2.45. The predicted molar refractivity (Wildman–Crippen MR) is 133 cm³/mol. The fraction of sp³-hybridized carbons (Fsp3) is 0.464. The van der Waals surface area contributed by atoms with Crippen molar-refractivity contribution in [1.82, 2.24) is 10.2 Å². The summed E-state index contributed by atoms with van der Waals surface area (Å²) in [5.74, 6) is -0.977. The van der Waals surface area contributed by atoms with Crippen LogP contribution in [0.1, 0.15) is 63.0 Å². The van der Waals surface area contributed by atoms with E-state index in [9.17, 15) is 14.4 Å². The van der Waals surface area contributed by atoms with Crippen LogP contribution in [0.25, 0.3) is 11.1 Å². The number of aliphatic carboxylic acids is 1. The number of hydrogen-bond donors (Lipinski definition) is 2. The highest BCUT2D eigenvalue weighted by molar-refractivity contribution is 5.79. The minimum atomic E-state index is -0.918. The summed E-state index contributed by atoms with van der Waals surface area (Å²) < 4.78 is 5.65. The van der Waals surface area contributed by atoms with E-state index < -0.39 is 12.1 Å². The molecule has 35 heavy (non-hydrogen) atoms. The molecule has 2 aromatic rings. The maximum Gasteiger partial charge on any atom is 0.407 e. The lowest BCUT2D eigenvalue weighted by atomic mass is 9.66. The second-order valence-electron chi connectivity index (χ2n) is 10.0. The molecule has 0 aliphatic heterocycles. The molecular weight excluding hydrogens is 444 g/mol. The van der Waals surface area contributed by atoms with Crippen LogP contribution in [0.5, 0.6) is 0 Å². The molecule has 0 heterocycles. The van der Waals surface area contributed by atoms with Gasteiger partial charge >= 0.3 is 12.1 Å². The number of benzene rings is 2. The SMILES string of the molecule is CC(C)N(CCC(=O)O)C(=O)CC1(CNC(=O)OCC2c3ccccc3-c3ccccc32)CCC1. The van der Waals surface area contributed by atoms with Crippen molar-refractivity contribution >= 4 is 18.0 Å². The highest BCUT2D eigenvalue weighted by atomic mass is 16.5. The average molecular weight is 479 g/mol. The Balaban J connectivity index is 1.32. The molecule has 2 N–H and O–H groups in total. The van der Waals surface area contributed by atoms with Crippen LogP contribution in [0.15, 0.2) is 48.5 Å². The van der Waals surface area contributed by atoms with Crippen molar-refractivity contribution in [2.45, 2.75) is 57.9 Å². The molecule has 0 spiro atoms. The number of carbonyl (C=O) groups excluding carboxylic acids is 2. The Morgan fingerprint density at radius 1 is 1.06 bits per heavy atom. The van der Waals surface area contributed by atoms with Crippen molar-refractivity contribution in [3.05, 3.63) is 59.7 Å². The number of nitrogens with one attached hydrogen (secondary N) is 1. The van der Waals surface area contributed by atoms with E-state index in [1.807, 2.05) is 38.1 Å². The molecule has 0 bridgehead atoms. The van der Waals surface area contributed by atoms with Gasteiger partial charge in [-0.1, -0.05) is 55.0 Å². The zero-order valence-electron chi connectivity index (χ0n) is 20.5. The first-order valence-corrected chi connectivity index (χ1v) is 12.4. The van der Waals surface area contributed by atoms with Gasteiger partial charge in [-0.3, -0.25) is 9.59 Å². The molecular formula is C28H34N2O5. The minimum Gasteiger partial charge on any atom is -0.481 e. The summed E-state index contributed by atoms with van der Waals surface area (Å²) in [6.45, 7) is 4.61.